The van der Waals surface area contributed by atoms with Crippen LogP contribution in [0, 0.1) is 13.8 Å². The Labute approximate surface area is 211 Å². The minimum Gasteiger partial charge on any atom is -0.492 e. The standard InChI is InChI=1S/C27H32N6O3/c1-4-36-23-11-6-5-10-22(23)30-26(34)29-21-12-13-24(28-18-21)32-14-16-33(17-15-32)27(35)31-25-19(2)8-7-9-20(25)3/h5-13,18H,4,14-17H2,1-3H3,(H,31,35)(H2,29,30,34). The number of nitrogens with one attached hydrogen (secondary N) is 3. The van der Waals surface area contributed by atoms with Gasteiger partial charge in [0, 0.05) is 31.9 Å². The summed E-state index contributed by atoms with van der Waals surface area (Å²) in [5.74, 6) is 1.42. The molecular formula is C27H32N6O3. The fraction of sp³-hybridized carbons (Fsp3) is 0.296. The highest BCUT2D eigenvalue weighted by Gasteiger charge is 2.22. The van der Waals surface area contributed by atoms with E-state index in [1.807, 2.05) is 74.2 Å². The number of nitrogens with zero attached hydrogens (tertiary/aromatic N) is 3. The summed E-state index contributed by atoms with van der Waals surface area (Å²) in [6.07, 6.45) is 1.63. The summed E-state index contributed by atoms with van der Waals surface area (Å²) in [6.45, 7) is 8.94. The van der Waals surface area contributed by atoms with Crippen molar-refractivity contribution < 1.29 is 14.3 Å². The highest BCUT2D eigenvalue weighted by atomic mass is 16.5. The summed E-state index contributed by atoms with van der Waals surface area (Å²) in [6, 6.07) is 16.5. The number of amides is 4. The van der Waals surface area contributed by atoms with Crippen LogP contribution in [0.15, 0.2) is 60.8 Å². The maximum atomic E-state index is 12.8. The average molecular weight is 489 g/mol. The Morgan fingerprint density at radius 2 is 1.61 bits per heavy atom. The van der Waals surface area contributed by atoms with Crippen molar-refractivity contribution in [3.8, 4) is 5.75 Å². The quantitative estimate of drug-likeness (QED) is 0.449. The lowest BCUT2D eigenvalue weighted by atomic mass is 10.1. The normalized spacial score (nSPS) is 13.2. The monoisotopic (exact) mass is 488 g/mol. The van der Waals surface area contributed by atoms with Crippen LogP contribution < -0.4 is 25.6 Å². The number of ether oxygens (including phenoxy) is 1. The molecule has 3 aromatic rings. The topological polar surface area (TPSA) is 98.8 Å². The molecule has 0 radical (unpaired) electrons. The lowest BCUT2D eigenvalue weighted by Crippen LogP contribution is -2.50. The van der Waals surface area contributed by atoms with Crippen LogP contribution in [-0.4, -0.2) is 54.7 Å². The fourth-order valence-corrected chi connectivity index (χ4v) is 4.12. The van der Waals surface area contributed by atoms with Crippen molar-refractivity contribution in [2.45, 2.75) is 20.8 Å². The summed E-state index contributed by atoms with van der Waals surface area (Å²) < 4.78 is 5.54. The minimum atomic E-state index is -0.375. The summed E-state index contributed by atoms with van der Waals surface area (Å²) in [4.78, 5) is 33.7. The van der Waals surface area contributed by atoms with E-state index in [0.29, 0.717) is 49.9 Å². The first-order chi connectivity index (χ1) is 17.4. The molecular weight excluding hydrogens is 456 g/mol. The van der Waals surface area contributed by atoms with Crippen molar-refractivity contribution >= 4 is 34.9 Å². The number of hydrogen-bond acceptors (Lipinski definition) is 5. The number of hydrogen-bond donors (Lipinski definition) is 3. The molecule has 0 unspecified atom stereocenters. The van der Waals surface area contributed by atoms with Crippen LogP contribution in [0.25, 0.3) is 0 Å². The Balaban J connectivity index is 1.28. The van der Waals surface area contributed by atoms with Crippen LogP contribution in [-0.2, 0) is 0 Å². The van der Waals surface area contributed by atoms with E-state index in [9.17, 15) is 9.59 Å². The summed E-state index contributed by atoms with van der Waals surface area (Å²) in [7, 11) is 0. The maximum absolute atomic E-state index is 12.8. The van der Waals surface area contributed by atoms with Gasteiger partial charge in [0.05, 0.1) is 24.2 Å². The number of carbonyl (C=O) groups excluding carboxylic acids is 2. The molecule has 2 heterocycles. The van der Waals surface area contributed by atoms with Crippen molar-refractivity contribution in [2.75, 3.05) is 53.6 Å². The lowest BCUT2D eigenvalue weighted by molar-refractivity contribution is 0.208. The van der Waals surface area contributed by atoms with Gasteiger partial charge in [0.2, 0.25) is 0 Å². The predicted octanol–water partition coefficient (Wildman–Crippen LogP) is 5.10. The van der Waals surface area contributed by atoms with Crippen molar-refractivity contribution in [1.82, 2.24) is 9.88 Å². The molecule has 188 valence electrons. The smallest absolute Gasteiger partial charge is 0.323 e. The third kappa shape index (κ3) is 6.04. The van der Waals surface area contributed by atoms with Gasteiger partial charge in [-0.3, -0.25) is 0 Å². The number of pyridine rings is 1. The van der Waals surface area contributed by atoms with Crippen LogP contribution in [0.5, 0.6) is 5.75 Å². The highest BCUT2D eigenvalue weighted by Crippen LogP contribution is 2.24. The molecule has 0 saturated carbocycles. The van der Waals surface area contributed by atoms with E-state index in [1.165, 1.54) is 0 Å². The second-order valence-corrected chi connectivity index (χ2v) is 8.58. The Morgan fingerprint density at radius 1 is 0.889 bits per heavy atom. The van der Waals surface area contributed by atoms with E-state index in [0.717, 1.165) is 22.6 Å². The number of piperazine rings is 1. The second kappa shape index (κ2) is 11.4. The molecule has 4 amide bonds. The number of aryl methyl sites for hydroxylation is 2. The molecule has 9 heteroatoms. The van der Waals surface area contributed by atoms with Gasteiger partial charge in [0.25, 0.3) is 0 Å². The van der Waals surface area contributed by atoms with E-state index in [4.69, 9.17) is 4.74 Å². The van der Waals surface area contributed by atoms with Gasteiger partial charge < -0.3 is 30.5 Å². The Bertz CT molecular complexity index is 1190. The summed E-state index contributed by atoms with van der Waals surface area (Å²) in [5, 5.41) is 8.66. The first-order valence-electron chi connectivity index (χ1n) is 12.1. The van der Waals surface area contributed by atoms with Crippen LogP contribution in [0.3, 0.4) is 0 Å². The van der Waals surface area contributed by atoms with Gasteiger partial charge in [-0.05, 0) is 56.2 Å². The number of urea groups is 2. The zero-order valence-corrected chi connectivity index (χ0v) is 20.9. The molecule has 2 aromatic carbocycles. The van der Waals surface area contributed by atoms with Crippen LogP contribution in [0.1, 0.15) is 18.1 Å². The maximum Gasteiger partial charge on any atom is 0.323 e. The average Bonchev–Trinajstić information content (AvgIpc) is 2.88. The van der Waals surface area contributed by atoms with Crippen molar-refractivity contribution in [3.63, 3.8) is 0 Å². The first kappa shape index (κ1) is 24.8. The Kier molecular flexibility index (Phi) is 7.89. The molecule has 4 rings (SSSR count). The third-order valence-electron chi connectivity index (χ3n) is 6.04. The van der Waals surface area contributed by atoms with Crippen LogP contribution in [0.4, 0.5) is 32.5 Å². The molecule has 0 aliphatic carbocycles. The van der Waals surface area contributed by atoms with E-state index >= 15 is 0 Å². The molecule has 1 fully saturated rings. The fourth-order valence-electron chi connectivity index (χ4n) is 4.12. The van der Waals surface area contributed by atoms with E-state index in [2.05, 4.69) is 25.8 Å². The van der Waals surface area contributed by atoms with E-state index in [-0.39, 0.29) is 12.1 Å². The van der Waals surface area contributed by atoms with Gasteiger partial charge in [0.1, 0.15) is 11.6 Å². The van der Waals surface area contributed by atoms with Gasteiger partial charge in [-0.2, -0.15) is 0 Å². The van der Waals surface area contributed by atoms with Gasteiger partial charge >= 0.3 is 12.1 Å². The molecule has 1 aliphatic heterocycles. The van der Waals surface area contributed by atoms with Gasteiger partial charge in [0.15, 0.2) is 0 Å². The van der Waals surface area contributed by atoms with E-state index < -0.39 is 0 Å². The largest absolute Gasteiger partial charge is 0.492 e. The molecule has 36 heavy (non-hydrogen) atoms. The number of benzene rings is 2. The molecule has 0 spiro atoms. The Hall–Kier alpha value is -4.27. The zero-order chi connectivity index (χ0) is 25.5. The Morgan fingerprint density at radius 3 is 2.28 bits per heavy atom. The van der Waals surface area contributed by atoms with Crippen molar-refractivity contribution in [1.29, 1.82) is 0 Å². The van der Waals surface area contributed by atoms with E-state index in [1.54, 1.807) is 12.3 Å². The predicted molar refractivity (Wildman–Crippen MR) is 143 cm³/mol. The first-order valence-corrected chi connectivity index (χ1v) is 12.1. The third-order valence-corrected chi connectivity index (χ3v) is 6.04. The molecule has 9 nitrogen and oxygen atoms in total. The van der Waals surface area contributed by atoms with Crippen LogP contribution in [0.2, 0.25) is 0 Å². The molecule has 1 saturated heterocycles. The molecule has 3 N–H and O–H groups in total. The minimum absolute atomic E-state index is 0.0866. The highest BCUT2D eigenvalue weighted by molar-refractivity contribution is 6.00. The van der Waals surface area contributed by atoms with Gasteiger partial charge in [-0.25, -0.2) is 14.6 Å². The van der Waals surface area contributed by atoms with Crippen molar-refractivity contribution in [3.05, 3.63) is 71.9 Å². The van der Waals surface area contributed by atoms with Gasteiger partial charge in [-0.15, -0.1) is 0 Å². The SMILES string of the molecule is CCOc1ccccc1NC(=O)Nc1ccc(N2CCN(C(=O)Nc3c(C)cccc3C)CC2)nc1. The van der Waals surface area contributed by atoms with Gasteiger partial charge in [-0.1, -0.05) is 30.3 Å². The molecule has 1 aliphatic rings. The number of rotatable bonds is 6. The lowest BCUT2D eigenvalue weighted by Gasteiger charge is -2.35. The number of para-hydroxylation sites is 3. The second-order valence-electron chi connectivity index (χ2n) is 8.58. The number of anilines is 4. The zero-order valence-electron chi connectivity index (χ0n) is 20.9. The number of carbonyl (C=O) groups is 2. The molecule has 0 bridgehead atoms. The van der Waals surface area contributed by atoms with Crippen LogP contribution >= 0.6 is 0 Å². The number of aromatic nitrogens is 1. The van der Waals surface area contributed by atoms with Crippen molar-refractivity contribution in [2.24, 2.45) is 0 Å². The molecule has 0 atom stereocenters. The summed E-state index contributed by atoms with van der Waals surface area (Å²) in [5.41, 5.74) is 4.15. The summed E-state index contributed by atoms with van der Waals surface area (Å²) >= 11 is 0. The molecule has 1 aromatic heterocycles.